The Morgan fingerprint density at radius 3 is 2.43 bits per heavy atom. The van der Waals surface area contributed by atoms with E-state index in [4.69, 9.17) is 0 Å². The Balaban J connectivity index is 0.00000342. The number of hydrogen-bond donors (Lipinski definition) is 2. The molecule has 0 radical (unpaired) electrons. The quantitative estimate of drug-likeness (QED) is 0.391. The largest absolute Gasteiger partial charge is 1.00 e. The molecule has 188 valence electrons. The number of carbonyl (C=O) groups excluding carboxylic acids is 1. The number of halogens is 1. The van der Waals surface area contributed by atoms with E-state index in [-0.39, 0.29) is 41.0 Å². The molecule has 0 saturated carbocycles. The average Bonchev–Trinajstić information content (AvgIpc) is 3.04. The molecule has 6 nitrogen and oxygen atoms in total. The summed E-state index contributed by atoms with van der Waals surface area (Å²) in [7, 11) is 2.06. The Labute approximate surface area is 226 Å². The maximum absolute atomic E-state index is 13.1. The Bertz CT molecular complexity index is 1150. The number of anilines is 1. The number of amides is 1. The van der Waals surface area contributed by atoms with Gasteiger partial charge in [0.2, 0.25) is 5.69 Å². The smallest absolute Gasteiger partial charge is 0.253 e. The molecule has 0 aromatic heterocycles. The van der Waals surface area contributed by atoms with Crippen LogP contribution in [0.2, 0.25) is 0 Å². The lowest BCUT2D eigenvalue weighted by Crippen LogP contribution is -3.00. The lowest BCUT2D eigenvalue weighted by molar-refractivity contribution is -0.401. The molecule has 0 atom stereocenters. The van der Waals surface area contributed by atoms with E-state index in [1.54, 1.807) is 0 Å². The Morgan fingerprint density at radius 2 is 1.80 bits per heavy atom. The maximum Gasteiger partial charge on any atom is 0.253 e. The summed E-state index contributed by atoms with van der Waals surface area (Å²) in [6.07, 6.45) is 4.07. The summed E-state index contributed by atoms with van der Waals surface area (Å²) in [5.74, 6) is 0.381. The van der Waals surface area contributed by atoms with Crippen molar-refractivity contribution in [2.45, 2.75) is 33.1 Å². The number of allylic oxidation sites excluding steroid dienone is 1. The molecule has 4 rings (SSSR count). The highest BCUT2D eigenvalue weighted by Gasteiger charge is 2.43. The molecular formula is C28H37IN4O2. The molecular weight excluding hydrogens is 551 g/mol. The van der Waals surface area contributed by atoms with Crippen LogP contribution in [-0.2, 0) is 5.41 Å². The maximum atomic E-state index is 13.1. The summed E-state index contributed by atoms with van der Waals surface area (Å²) < 4.78 is 2.19. The van der Waals surface area contributed by atoms with Crippen molar-refractivity contribution in [3.8, 4) is 5.75 Å². The fourth-order valence-electron chi connectivity index (χ4n) is 5.15. The number of carbonyl (C=O) groups is 1. The summed E-state index contributed by atoms with van der Waals surface area (Å²) in [6, 6.07) is 11.9. The first-order chi connectivity index (χ1) is 16.3. The predicted octanol–water partition coefficient (Wildman–Crippen LogP) is 1.01. The number of phenolic OH excluding ortho intramolecular Hbond substituents is 1. The molecule has 2 aliphatic heterocycles. The third kappa shape index (κ3) is 5.26. The Hall–Kier alpha value is -2.39. The third-order valence-electron chi connectivity index (χ3n) is 7.25. The molecule has 0 spiro atoms. The summed E-state index contributed by atoms with van der Waals surface area (Å²) >= 11 is 0. The normalized spacial score (nSPS) is 16.9. The highest BCUT2D eigenvalue weighted by Crippen LogP contribution is 2.40. The second-order valence-electron chi connectivity index (χ2n) is 9.59. The number of benzene rings is 2. The molecule has 0 bridgehead atoms. The van der Waals surface area contributed by atoms with Crippen molar-refractivity contribution in [2.75, 3.05) is 51.2 Å². The van der Waals surface area contributed by atoms with Crippen molar-refractivity contribution < 1.29 is 38.5 Å². The minimum absolute atomic E-state index is 0. The van der Waals surface area contributed by atoms with E-state index in [9.17, 15) is 9.90 Å². The zero-order valence-electron chi connectivity index (χ0n) is 21.4. The van der Waals surface area contributed by atoms with E-state index in [1.807, 2.05) is 29.2 Å². The van der Waals surface area contributed by atoms with Crippen LogP contribution in [0.15, 0.2) is 42.5 Å². The SMILES string of the molecule is CCN(CC)c1ccc(C=CC2=[N+](C)c3ccc(C(=O)N4CCNCC4)cc3C2(C)C)c(O)c1.[I-]. The van der Waals surface area contributed by atoms with Crippen molar-refractivity contribution in [2.24, 2.45) is 0 Å². The van der Waals surface area contributed by atoms with Crippen LogP contribution < -0.4 is 34.2 Å². The number of phenols is 1. The predicted molar refractivity (Wildman–Crippen MR) is 140 cm³/mol. The van der Waals surface area contributed by atoms with E-state index >= 15 is 0 Å². The third-order valence-corrected chi connectivity index (χ3v) is 7.25. The van der Waals surface area contributed by atoms with Crippen molar-refractivity contribution in [3.63, 3.8) is 0 Å². The molecule has 2 heterocycles. The van der Waals surface area contributed by atoms with Gasteiger partial charge < -0.3 is 44.2 Å². The molecule has 7 heteroatoms. The standard InChI is InChI=1S/C28H36N4O2.HI/c1-6-31(7-2)22-11-8-20(25(33)19-22)10-13-26-28(3,4)23-18-21(9-12-24(23)30(26)5)27(34)32-16-14-29-15-17-32;/h8-13,18-19,29H,6-7,14-17H2,1-5H3;1H. The summed E-state index contributed by atoms with van der Waals surface area (Å²) in [6.45, 7) is 13.6. The van der Waals surface area contributed by atoms with E-state index in [0.29, 0.717) is 0 Å². The van der Waals surface area contributed by atoms with Gasteiger partial charge in [-0.15, -0.1) is 0 Å². The fraction of sp³-hybridized carbons (Fsp3) is 0.429. The first-order valence-electron chi connectivity index (χ1n) is 12.3. The minimum Gasteiger partial charge on any atom is -1.00 e. The topological polar surface area (TPSA) is 58.8 Å². The first-order valence-corrected chi connectivity index (χ1v) is 12.3. The molecule has 2 aliphatic rings. The molecule has 1 saturated heterocycles. The van der Waals surface area contributed by atoms with Crippen LogP contribution in [0.1, 0.15) is 49.2 Å². The zero-order chi connectivity index (χ0) is 24.5. The second-order valence-corrected chi connectivity index (χ2v) is 9.59. The number of nitrogens with one attached hydrogen (secondary N) is 1. The van der Waals surface area contributed by atoms with Crippen molar-refractivity contribution >= 4 is 29.1 Å². The molecule has 2 aromatic carbocycles. The number of nitrogens with zero attached hydrogens (tertiary/aromatic N) is 3. The zero-order valence-corrected chi connectivity index (χ0v) is 23.6. The van der Waals surface area contributed by atoms with Crippen LogP contribution in [0.25, 0.3) is 6.08 Å². The van der Waals surface area contributed by atoms with Gasteiger partial charge in [-0.05, 0) is 58.0 Å². The van der Waals surface area contributed by atoms with Crippen molar-refractivity contribution in [1.82, 2.24) is 10.2 Å². The lowest BCUT2D eigenvalue weighted by atomic mass is 9.80. The van der Waals surface area contributed by atoms with Crippen molar-refractivity contribution in [3.05, 3.63) is 59.2 Å². The number of hydrogen-bond acceptors (Lipinski definition) is 4. The molecule has 1 fully saturated rings. The number of piperazine rings is 1. The summed E-state index contributed by atoms with van der Waals surface area (Å²) in [5.41, 5.74) is 5.69. The molecule has 35 heavy (non-hydrogen) atoms. The van der Waals surface area contributed by atoms with Gasteiger partial charge >= 0.3 is 0 Å². The number of fused-ring (bicyclic) bond motifs is 1. The highest BCUT2D eigenvalue weighted by atomic mass is 127. The van der Waals surface area contributed by atoms with Gasteiger partial charge in [-0.2, -0.15) is 4.58 Å². The number of aromatic hydroxyl groups is 1. The van der Waals surface area contributed by atoms with Crippen molar-refractivity contribution in [1.29, 1.82) is 0 Å². The number of rotatable bonds is 6. The van der Waals surface area contributed by atoms with Gasteiger partial charge in [0, 0.05) is 79.9 Å². The molecule has 1 amide bonds. The van der Waals surface area contributed by atoms with Crippen LogP contribution in [0.4, 0.5) is 11.4 Å². The van der Waals surface area contributed by atoms with Gasteiger partial charge in [0.15, 0.2) is 5.71 Å². The van der Waals surface area contributed by atoms with Gasteiger partial charge in [0.1, 0.15) is 12.8 Å². The molecule has 2 aromatic rings. The van der Waals surface area contributed by atoms with Crippen LogP contribution in [0, 0.1) is 0 Å². The monoisotopic (exact) mass is 588 g/mol. The average molecular weight is 589 g/mol. The van der Waals surface area contributed by atoms with Gasteiger partial charge in [0.25, 0.3) is 5.91 Å². The van der Waals surface area contributed by atoms with Gasteiger partial charge in [0.05, 0.1) is 5.41 Å². The lowest BCUT2D eigenvalue weighted by Gasteiger charge is -2.27. The summed E-state index contributed by atoms with van der Waals surface area (Å²) in [4.78, 5) is 17.2. The highest BCUT2D eigenvalue weighted by molar-refractivity contribution is 6.06. The van der Waals surface area contributed by atoms with E-state index in [2.05, 4.69) is 73.8 Å². The van der Waals surface area contributed by atoms with Crippen LogP contribution in [0.5, 0.6) is 5.75 Å². The van der Waals surface area contributed by atoms with E-state index < -0.39 is 0 Å². The Kier molecular flexibility index (Phi) is 8.64. The van der Waals surface area contributed by atoms with Crippen LogP contribution >= 0.6 is 0 Å². The molecule has 0 unspecified atom stereocenters. The van der Waals surface area contributed by atoms with Gasteiger partial charge in [-0.25, -0.2) is 0 Å². The van der Waals surface area contributed by atoms with Gasteiger partial charge in [-0.1, -0.05) is 0 Å². The fourth-order valence-corrected chi connectivity index (χ4v) is 5.15. The first kappa shape index (κ1) is 27.2. The van der Waals surface area contributed by atoms with E-state index in [0.717, 1.165) is 73.0 Å². The second kappa shape index (κ2) is 11.1. The molecule has 0 aliphatic carbocycles. The van der Waals surface area contributed by atoms with Crippen LogP contribution in [-0.4, -0.2) is 72.5 Å². The van der Waals surface area contributed by atoms with E-state index in [1.165, 1.54) is 0 Å². The minimum atomic E-state index is -0.267. The summed E-state index contributed by atoms with van der Waals surface area (Å²) in [5, 5.41) is 14.0. The van der Waals surface area contributed by atoms with Crippen LogP contribution in [0.3, 0.4) is 0 Å². The Morgan fingerprint density at radius 1 is 1.11 bits per heavy atom. The molecule has 2 N–H and O–H groups in total. The van der Waals surface area contributed by atoms with Gasteiger partial charge in [-0.3, -0.25) is 4.79 Å².